The average Bonchev–Trinajstić information content (AvgIpc) is 1.44. The monoisotopic (exact) mass is 1310 g/mol. The van der Waals surface area contributed by atoms with Crippen LogP contribution in [-0.4, -0.2) is 38.2 Å². The normalized spacial score (nSPS) is 11.9. The summed E-state index contributed by atoms with van der Waals surface area (Å²) < 4.78 is 10.4. The van der Waals surface area contributed by atoms with Crippen molar-refractivity contribution in [1.82, 2.24) is 38.2 Å². The second-order valence-electron chi connectivity index (χ2n) is 28.0. The number of nitrogens with zero attached hydrogens (tertiary/aromatic N) is 8. The molecule has 8 nitrogen and oxygen atoms in total. The molecule has 0 unspecified atom stereocenters. The van der Waals surface area contributed by atoms with Crippen LogP contribution in [0.3, 0.4) is 0 Å². The maximum absolute atomic E-state index is 6.19. The number of hydrogen-bond donors (Lipinski definition) is 0. The van der Waals surface area contributed by atoms with Gasteiger partial charge in [0.25, 0.3) is 0 Å². The Hall–Kier alpha value is -12.8. The lowest BCUT2D eigenvalue weighted by Gasteiger charge is -2.31. The standard InChI is InChI=1S/C94H70N8/c1-55-29-37-79-67(45-55)68-46-56(2)30-38-80(68)99(79)89-87(77-53-75(63-21-13-9-14-22-63)95-93(97-77)65-25-17-11-18-26-65)91(101-83-41-33-59(5)49-71(83)72-50-60(6)34-42-84(72)101)92(102-85-43-35-61(7)51-73(85)74-52-62(8)36-44-86(74)102)88(90(89)100-81-39-31-57(3)47-69(81)70-48-58(4)32-40-82(70)100)78-54-76(64-23-15-10-16-24-64)96-94(98-78)66-27-19-12-20-28-66/h9-54H,1-8H3. The highest BCUT2D eigenvalue weighted by Gasteiger charge is 2.38. The van der Waals surface area contributed by atoms with E-state index < -0.39 is 0 Å². The first kappa shape index (κ1) is 60.4. The van der Waals surface area contributed by atoms with Gasteiger partial charge in [-0.1, -0.05) is 214 Å². The largest absolute Gasteiger partial charge is 0.306 e. The summed E-state index contributed by atoms with van der Waals surface area (Å²) >= 11 is 0. The van der Waals surface area contributed by atoms with Gasteiger partial charge in [0.05, 0.1) is 101 Å². The number of fused-ring (bicyclic) bond motifs is 12. The zero-order valence-electron chi connectivity index (χ0n) is 58.1. The molecule has 0 aliphatic heterocycles. The Morgan fingerprint density at radius 3 is 0.578 bits per heavy atom. The summed E-state index contributed by atoms with van der Waals surface area (Å²) in [5, 5.41) is 9.11. The van der Waals surface area contributed by atoms with Crippen LogP contribution in [0, 0.1) is 55.4 Å². The van der Waals surface area contributed by atoms with Gasteiger partial charge in [0, 0.05) is 65.3 Å². The van der Waals surface area contributed by atoms with Crippen molar-refractivity contribution in [1.29, 1.82) is 0 Å². The van der Waals surface area contributed by atoms with Crippen LogP contribution in [0.1, 0.15) is 44.5 Å². The van der Waals surface area contributed by atoms with Crippen LogP contribution in [0.2, 0.25) is 0 Å². The zero-order valence-corrected chi connectivity index (χ0v) is 58.1. The third-order valence-corrected chi connectivity index (χ3v) is 20.8. The van der Waals surface area contributed by atoms with E-state index in [9.17, 15) is 0 Å². The minimum atomic E-state index is 0.597. The van der Waals surface area contributed by atoms with E-state index in [1.807, 2.05) is 0 Å². The lowest BCUT2D eigenvalue weighted by atomic mass is 9.92. The van der Waals surface area contributed by atoms with Gasteiger partial charge in [-0.05, 0) is 165 Å². The molecule has 0 N–H and O–H groups in total. The number of benzene rings is 13. The van der Waals surface area contributed by atoms with Crippen molar-refractivity contribution >= 4 is 87.2 Å². The smallest absolute Gasteiger partial charge is 0.160 e. The molecule has 6 aromatic heterocycles. The molecule has 0 saturated carbocycles. The molecule has 0 radical (unpaired) electrons. The maximum atomic E-state index is 6.19. The number of rotatable bonds is 10. The first-order valence-corrected chi connectivity index (χ1v) is 35.2. The molecule has 0 aliphatic carbocycles. The van der Waals surface area contributed by atoms with E-state index in [4.69, 9.17) is 19.9 Å². The fourth-order valence-corrected chi connectivity index (χ4v) is 16.1. The molecule has 0 aliphatic rings. The first-order chi connectivity index (χ1) is 49.8. The van der Waals surface area contributed by atoms with Gasteiger partial charge in [0.1, 0.15) is 0 Å². The van der Waals surface area contributed by atoms with E-state index in [0.717, 1.165) is 166 Å². The molecule has 0 atom stereocenters. The summed E-state index contributed by atoms with van der Waals surface area (Å²) in [7, 11) is 0. The summed E-state index contributed by atoms with van der Waals surface area (Å²) in [5.74, 6) is 1.19. The Labute approximate surface area is 591 Å². The molecule has 6 heterocycles. The van der Waals surface area contributed by atoms with Crippen LogP contribution in [0.4, 0.5) is 0 Å². The van der Waals surface area contributed by atoms with E-state index in [2.05, 4.69) is 353 Å². The Morgan fingerprint density at radius 2 is 0.373 bits per heavy atom. The average molecular weight is 1310 g/mol. The van der Waals surface area contributed by atoms with Gasteiger partial charge < -0.3 is 18.3 Å². The van der Waals surface area contributed by atoms with Crippen molar-refractivity contribution in [2.24, 2.45) is 0 Å². The summed E-state index contributed by atoms with van der Waals surface area (Å²) in [6.45, 7) is 17.7. The minimum Gasteiger partial charge on any atom is -0.306 e. The van der Waals surface area contributed by atoms with Crippen LogP contribution in [-0.2, 0) is 0 Å². The molecule has 102 heavy (non-hydrogen) atoms. The van der Waals surface area contributed by atoms with E-state index in [1.54, 1.807) is 0 Å². The lowest BCUT2D eigenvalue weighted by Crippen LogP contribution is -2.17. The molecule has 13 aromatic carbocycles. The summed E-state index contributed by atoms with van der Waals surface area (Å²) in [6.07, 6.45) is 0. The van der Waals surface area contributed by atoms with Crippen molar-refractivity contribution in [3.05, 3.63) is 324 Å². The van der Waals surface area contributed by atoms with E-state index >= 15 is 0 Å². The van der Waals surface area contributed by atoms with Gasteiger partial charge in [-0.15, -0.1) is 0 Å². The molecular formula is C94H70N8. The fraction of sp³-hybridized carbons (Fsp3) is 0.0851. The van der Waals surface area contributed by atoms with Gasteiger partial charge >= 0.3 is 0 Å². The molecule has 0 amide bonds. The van der Waals surface area contributed by atoms with Crippen LogP contribution >= 0.6 is 0 Å². The van der Waals surface area contributed by atoms with Crippen molar-refractivity contribution in [2.75, 3.05) is 0 Å². The van der Waals surface area contributed by atoms with E-state index in [1.165, 1.54) is 44.5 Å². The van der Waals surface area contributed by atoms with Crippen molar-refractivity contribution in [3.8, 4) is 90.6 Å². The maximum Gasteiger partial charge on any atom is 0.160 e. The Balaban J connectivity index is 1.21. The Morgan fingerprint density at radius 1 is 0.186 bits per heavy atom. The lowest BCUT2D eigenvalue weighted by molar-refractivity contribution is 1.04. The number of hydrogen-bond acceptors (Lipinski definition) is 4. The summed E-state index contributed by atoms with van der Waals surface area (Å²) in [5.41, 5.74) is 29.7. The van der Waals surface area contributed by atoms with Gasteiger partial charge in [-0.2, -0.15) is 0 Å². The predicted octanol–water partition coefficient (Wildman–Crippen LogP) is 24.1. The van der Waals surface area contributed by atoms with Gasteiger partial charge in [0.15, 0.2) is 11.6 Å². The van der Waals surface area contributed by atoms with E-state index in [0.29, 0.717) is 11.6 Å². The highest BCUT2D eigenvalue weighted by Crippen LogP contribution is 2.55. The number of aryl methyl sites for hydroxylation is 8. The molecule has 486 valence electrons. The Bertz CT molecular complexity index is 5650. The van der Waals surface area contributed by atoms with Crippen molar-refractivity contribution in [2.45, 2.75) is 55.4 Å². The SMILES string of the molecule is Cc1ccc2c(c1)c1cc(C)ccc1n2-c1c(-c2cc(-c3ccccc3)nc(-c3ccccc3)n2)c(-n2c3ccc(C)cc3c3cc(C)ccc32)c(-n2c3ccc(C)cc3c3cc(C)ccc32)c(-c2cc(-c3ccccc3)nc(-c3ccccc3)n2)c1-n1c2ccc(C)cc2c2cc(C)ccc21. The predicted molar refractivity (Wildman–Crippen MR) is 425 cm³/mol. The molecule has 0 fully saturated rings. The molecule has 19 rings (SSSR count). The molecule has 8 heteroatoms. The Kier molecular flexibility index (Phi) is 13.9. The molecule has 0 saturated heterocycles. The van der Waals surface area contributed by atoms with Crippen LogP contribution < -0.4 is 0 Å². The van der Waals surface area contributed by atoms with Crippen LogP contribution in [0.5, 0.6) is 0 Å². The molecule has 19 aromatic rings. The highest BCUT2D eigenvalue weighted by atomic mass is 15.1. The molecular weight excluding hydrogens is 1240 g/mol. The van der Waals surface area contributed by atoms with Gasteiger partial charge in [0.2, 0.25) is 0 Å². The van der Waals surface area contributed by atoms with Crippen LogP contribution in [0.25, 0.3) is 178 Å². The van der Waals surface area contributed by atoms with Gasteiger partial charge in [-0.25, -0.2) is 19.9 Å². The second kappa shape index (κ2) is 23.4. The highest BCUT2D eigenvalue weighted by molar-refractivity contribution is 6.19. The van der Waals surface area contributed by atoms with Crippen molar-refractivity contribution < 1.29 is 0 Å². The van der Waals surface area contributed by atoms with Crippen LogP contribution in [0.15, 0.2) is 279 Å². The van der Waals surface area contributed by atoms with E-state index in [-0.39, 0.29) is 0 Å². The summed E-state index contributed by atoms with van der Waals surface area (Å²) in [6, 6.07) is 103. The first-order valence-electron chi connectivity index (χ1n) is 35.2. The second-order valence-corrected chi connectivity index (χ2v) is 28.0. The van der Waals surface area contributed by atoms with Gasteiger partial charge in [-0.3, -0.25) is 0 Å². The quantitative estimate of drug-likeness (QED) is 0.137. The zero-order chi connectivity index (χ0) is 68.8. The molecule has 0 spiro atoms. The minimum absolute atomic E-state index is 0.597. The van der Waals surface area contributed by atoms with Crippen molar-refractivity contribution in [3.63, 3.8) is 0 Å². The number of aromatic nitrogens is 8. The fourth-order valence-electron chi connectivity index (χ4n) is 16.1. The molecule has 0 bridgehead atoms. The summed E-state index contributed by atoms with van der Waals surface area (Å²) in [4.78, 5) is 23.7. The topological polar surface area (TPSA) is 71.3 Å². The third kappa shape index (κ3) is 9.65. The third-order valence-electron chi connectivity index (χ3n) is 20.8.